The van der Waals surface area contributed by atoms with Crippen molar-refractivity contribution >= 4 is 17.8 Å². The third-order valence-electron chi connectivity index (χ3n) is 6.95. The van der Waals surface area contributed by atoms with Gasteiger partial charge in [0.2, 0.25) is 0 Å². The van der Waals surface area contributed by atoms with Gasteiger partial charge in [-0.1, -0.05) is 13.0 Å². The van der Waals surface area contributed by atoms with E-state index in [2.05, 4.69) is 22.5 Å². The summed E-state index contributed by atoms with van der Waals surface area (Å²) in [5, 5.41) is 13.8. The number of pyridine rings is 1. The first kappa shape index (κ1) is 23.1. The first-order chi connectivity index (χ1) is 17.0. The van der Waals surface area contributed by atoms with Crippen LogP contribution in [0.5, 0.6) is 11.5 Å². The molecule has 0 atom stereocenters. The number of hydrogen-bond donors (Lipinski definition) is 3. The molecule has 2 aliphatic rings. The number of anilines is 1. The molecule has 0 unspecified atom stereocenters. The summed E-state index contributed by atoms with van der Waals surface area (Å²) < 4.78 is 11.4. The van der Waals surface area contributed by atoms with E-state index in [0.717, 1.165) is 66.1 Å². The van der Waals surface area contributed by atoms with Gasteiger partial charge in [-0.3, -0.25) is 9.78 Å². The minimum absolute atomic E-state index is 0. The minimum Gasteiger partial charge on any atom is -0.457 e. The fraction of sp³-hybridized carbons (Fsp3) is 0.321. The van der Waals surface area contributed by atoms with Crippen LogP contribution in [0, 0.1) is 10.8 Å². The molecule has 1 saturated carbocycles. The van der Waals surface area contributed by atoms with Crippen LogP contribution in [0.25, 0.3) is 11.3 Å². The molecule has 35 heavy (non-hydrogen) atoms. The first-order valence-corrected chi connectivity index (χ1v) is 12.0. The van der Waals surface area contributed by atoms with Gasteiger partial charge in [-0.2, -0.15) is 0 Å². The molecule has 1 spiro atoms. The van der Waals surface area contributed by atoms with Crippen LogP contribution < -0.4 is 15.4 Å². The lowest BCUT2D eigenvalue weighted by molar-refractivity contribution is -0.165. The molecule has 3 aromatic rings. The summed E-state index contributed by atoms with van der Waals surface area (Å²) in [6, 6.07) is 15.4. The van der Waals surface area contributed by atoms with E-state index in [0.29, 0.717) is 16.9 Å². The molecule has 2 aromatic carbocycles. The highest BCUT2D eigenvalue weighted by atomic mass is 16.5. The maximum absolute atomic E-state index is 13.0. The number of carbonyl (C=O) groups is 1. The van der Waals surface area contributed by atoms with Crippen molar-refractivity contribution in [3.05, 3.63) is 71.4 Å². The quantitative estimate of drug-likeness (QED) is 0.387. The van der Waals surface area contributed by atoms with Gasteiger partial charge in [0.1, 0.15) is 11.5 Å². The van der Waals surface area contributed by atoms with Gasteiger partial charge in [-0.25, -0.2) is 0 Å². The lowest BCUT2D eigenvalue weighted by atomic mass is 9.64. The Balaban J connectivity index is 0.00000304. The Hall–Kier alpha value is -3.71. The van der Waals surface area contributed by atoms with Crippen molar-refractivity contribution in [1.29, 1.82) is 5.41 Å². The van der Waals surface area contributed by atoms with Crippen LogP contribution in [-0.4, -0.2) is 43.4 Å². The number of aryl methyl sites for hydroxylation is 1. The predicted molar refractivity (Wildman–Crippen MR) is 139 cm³/mol. The number of nitrogens with one attached hydrogen (secondary N) is 3. The number of benzene rings is 2. The van der Waals surface area contributed by atoms with Crippen LogP contribution in [0.4, 0.5) is 5.69 Å². The van der Waals surface area contributed by atoms with E-state index in [1.165, 1.54) is 6.21 Å². The summed E-state index contributed by atoms with van der Waals surface area (Å²) in [6.07, 6.45) is 5.80. The van der Waals surface area contributed by atoms with Crippen molar-refractivity contribution in [2.75, 3.05) is 25.6 Å². The SMILES string of the molecule is CCc1cc(-c2cc(Oc3ccc(C=N)c(NC)c3)ccn2)ccc1C(=O)NC1CC2(COC2)C1.[HH]. The van der Waals surface area contributed by atoms with Gasteiger partial charge < -0.3 is 25.5 Å². The Kier molecular flexibility index (Phi) is 6.26. The summed E-state index contributed by atoms with van der Waals surface area (Å²) in [4.78, 5) is 17.5. The Labute approximate surface area is 206 Å². The van der Waals surface area contributed by atoms with Crippen molar-refractivity contribution in [2.24, 2.45) is 5.41 Å². The number of rotatable bonds is 8. The van der Waals surface area contributed by atoms with Gasteiger partial charge >= 0.3 is 0 Å². The number of ether oxygens (including phenoxy) is 2. The Morgan fingerprint density at radius 3 is 2.69 bits per heavy atom. The zero-order chi connectivity index (χ0) is 24.4. The highest BCUT2D eigenvalue weighted by Gasteiger charge is 2.50. The molecule has 2 fully saturated rings. The second-order valence-electron chi connectivity index (χ2n) is 9.42. The molecule has 1 aromatic heterocycles. The van der Waals surface area contributed by atoms with E-state index >= 15 is 0 Å². The second-order valence-corrected chi connectivity index (χ2v) is 9.42. The molecular weight excluding hydrogens is 440 g/mol. The normalized spacial score (nSPS) is 16.2. The average Bonchev–Trinajstić information content (AvgIpc) is 2.84. The van der Waals surface area contributed by atoms with Crippen LogP contribution in [0.15, 0.2) is 54.7 Å². The lowest BCUT2D eigenvalue weighted by Crippen LogP contribution is -2.59. The fourth-order valence-corrected chi connectivity index (χ4v) is 4.95. The summed E-state index contributed by atoms with van der Waals surface area (Å²) in [7, 11) is 1.82. The molecule has 1 saturated heterocycles. The van der Waals surface area contributed by atoms with Gasteiger partial charge in [0, 0.05) is 66.9 Å². The van der Waals surface area contributed by atoms with E-state index < -0.39 is 0 Å². The molecule has 1 amide bonds. The van der Waals surface area contributed by atoms with Crippen LogP contribution >= 0.6 is 0 Å². The Morgan fingerprint density at radius 1 is 1.20 bits per heavy atom. The first-order valence-electron chi connectivity index (χ1n) is 12.0. The summed E-state index contributed by atoms with van der Waals surface area (Å²) in [5.41, 5.74) is 5.38. The molecule has 1 aliphatic carbocycles. The molecule has 7 nitrogen and oxygen atoms in total. The van der Waals surface area contributed by atoms with E-state index in [9.17, 15) is 4.79 Å². The predicted octanol–water partition coefficient (Wildman–Crippen LogP) is 5.30. The maximum Gasteiger partial charge on any atom is 0.251 e. The zero-order valence-corrected chi connectivity index (χ0v) is 20.1. The molecule has 182 valence electrons. The highest BCUT2D eigenvalue weighted by molar-refractivity contribution is 5.96. The topological polar surface area (TPSA) is 96.3 Å². The summed E-state index contributed by atoms with van der Waals surface area (Å²) >= 11 is 0. The number of aromatic nitrogens is 1. The van der Waals surface area contributed by atoms with E-state index in [4.69, 9.17) is 14.9 Å². The molecule has 7 heteroatoms. The van der Waals surface area contributed by atoms with E-state index in [1.54, 1.807) is 6.20 Å². The maximum atomic E-state index is 13.0. The van der Waals surface area contributed by atoms with E-state index in [-0.39, 0.29) is 13.4 Å². The van der Waals surface area contributed by atoms with Crippen molar-refractivity contribution in [2.45, 2.75) is 32.2 Å². The van der Waals surface area contributed by atoms with Gasteiger partial charge in [0.05, 0.1) is 18.9 Å². The largest absolute Gasteiger partial charge is 0.457 e. The van der Waals surface area contributed by atoms with Gasteiger partial charge in [0.25, 0.3) is 5.91 Å². The fourth-order valence-electron chi connectivity index (χ4n) is 4.95. The number of nitrogens with zero attached hydrogens (tertiary/aromatic N) is 1. The van der Waals surface area contributed by atoms with Gasteiger partial charge in [-0.05, 0) is 55.2 Å². The third kappa shape index (κ3) is 4.64. The van der Waals surface area contributed by atoms with Gasteiger partial charge in [0.15, 0.2) is 0 Å². The monoisotopic (exact) mass is 472 g/mol. The van der Waals surface area contributed by atoms with Crippen molar-refractivity contribution in [3.8, 4) is 22.8 Å². The molecule has 0 bridgehead atoms. The average molecular weight is 473 g/mol. The molecular formula is C28H32N4O3. The standard InChI is InChI=1S/C28H30N4O3.H2/c1-3-18-10-19(5-7-24(18)27(33)32-21-13-28(14-21)16-34-17-28)26-12-23(8-9-31-26)35-22-6-4-20(15-29)25(11-22)30-2;/h4-12,15,21,29-30H,3,13-14,16-17H2,1-2H3,(H,32,33);1H. The zero-order valence-electron chi connectivity index (χ0n) is 20.1. The molecule has 1 aliphatic heterocycles. The minimum atomic E-state index is -0.00718. The van der Waals surface area contributed by atoms with Crippen LogP contribution in [0.1, 0.15) is 42.7 Å². The van der Waals surface area contributed by atoms with Crippen molar-refractivity contribution in [1.82, 2.24) is 10.3 Å². The molecule has 0 radical (unpaired) electrons. The van der Waals surface area contributed by atoms with E-state index in [1.807, 2.05) is 55.6 Å². The third-order valence-corrected chi connectivity index (χ3v) is 6.95. The van der Waals surface area contributed by atoms with Crippen LogP contribution in [-0.2, 0) is 11.2 Å². The van der Waals surface area contributed by atoms with Gasteiger partial charge in [-0.15, -0.1) is 0 Å². The number of amides is 1. The Morgan fingerprint density at radius 2 is 2.00 bits per heavy atom. The molecule has 2 heterocycles. The summed E-state index contributed by atoms with van der Waals surface area (Å²) in [6.45, 7) is 3.72. The van der Waals surface area contributed by atoms with Crippen molar-refractivity contribution in [3.63, 3.8) is 0 Å². The smallest absolute Gasteiger partial charge is 0.251 e. The number of carbonyl (C=O) groups excluding carboxylic acids is 1. The highest BCUT2D eigenvalue weighted by Crippen LogP contribution is 2.47. The molecule has 3 N–H and O–H groups in total. The Bertz CT molecular complexity index is 1270. The summed E-state index contributed by atoms with van der Waals surface area (Å²) in [5.74, 6) is 1.33. The number of hydrogen-bond acceptors (Lipinski definition) is 6. The van der Waals surface area contributed by atoms with Crippen LogP contribution in [0.2, 0.25) is 0 Å². The van der Waals surface area contributed by atoms with Crippen LogP contribution in [0.3, 0.4) is 0 Å². The molecule has 5 rings (SSSR count). The second kappa shape index (κ2) is 9.50. The lowest BCUT2D eigenvalue weighted by Gasteiger charge is -2.53. The van der Waals surface area contributed by atoms with Crippen molar-refractivity contribution < 1.29 is 15.7 Å².